The molecule has 0 fully saturated rings. The summed E-state index contributed by atoms with van der Waals surface area (Å²) in [4.78, 5) is 37.2. The molecule has 28 heavy (non-hydrogen) atoms. The number of hydrogen-bond donors (Lipinski definition) is 2. The third-order valence-corrected chi connectivity index (χ3v) is 3.84. The van der Waals surface area contributed by atoms with Crippen LogP contribution in [-0.2, 0) is 14.4 Å². The van der Waals surface area contributed by atoms with Crippen LogP contribution >= 0.6 is 0 Å². The first kappa shape index (κ1) is 20.8. The van der Waals surface area contributed by atoms with E-state index in [1.807, 2.05) is 0 Å². The summed E-state index contributed by atoms with van der Waals surface area (Å²) in [6, 6.07) is 11.7. The van der Waals surface area contributed by atoms with Crippen molar-refractivity contribution in [3.63, 3.8) is 0 Å². The Kier molecular flexibility index (Phi) is 6.97. The molecule has 0 saturated heterocycles. The molecule has 0 atom stereocenters. The van der Waals surface area contributed by atoms with E-state index in [4.69, 9.17) is 9.47 Å². The van der Waals surface area contributed by atoms with Crippen LogP contribution in [0.1, 0.15) is 13.8 Å². The summed E-state index contributed by atoms with van der Waals surface area (Å²) < 4.78 is 10.4. The molecule has 2 N–H and O–H groups in total. The number of carbonyl (C=O) groups is 3. The Bertz CT molecular complexity index is 882. The zero-order valence-electron chi connectivity index (χ0n) is 16.2. The highest BCUT2D eigenvalue weighted by atomic mass is 16.5. The fourth-order valence-electron chi connectivity index (χ4n) is 2.57. The second kappa shape index (κ2) is 9.40. The molecule has 3 amide bonds. The summed E-state index contributed by atoms with van der Waals surface area (Å²) >= 11 is 0. The molecule has 0 aromatic heterocycles. The number of nitrogens with zero attached hydrogens (tertiary/aromatic N) is 1. The lowest BCUT2D eigenvalue weighted by molar-refractivity contribution is -0.120. The molecular weight excluding hydrogens is 362 g/mol. The van der Waals surface area contributed by atoms with Crippen molar-refractivity contribution in [2.75, 3.05) is 36.3 Å². The maximum Gasteiger partial charge on any atom is 0.244 e. The summed E-state index contributed by atoms with van der Waals surface area (Å²) in [5.41, 5.74) is 1.49. The van der Waals surface area contributed by atoms with Gasteiger partial charge in [-0.3, -0.25) is 14.4 Å². The first-order valence-corrected chi connectivity index (χ1v) is 8.51. The van der Waals surface area contributed by atoms with Crippen molar-refractivity contribution >= 4 is 34.8 Å². The molecule has 0 saturated carbocycles. The van der Waals surface area contributed by atoms with Gasteiger partial charge >= 0.3 is 0 Å². The summed E-state index contributed by atoms with van der Waals surface area (Å²) in [7, 11) is 3.02. The topological polar surface area (TPSA) is 97.0 Å². The predicted molar refractivity (Wildman–Crippen MR) is 107 cm³/mol. The third-order valence-electron chi connectivity index (χ3n) is 3.84. The summed E-state index contributed by atoms with van der Waals surface area (Å²) in [5.74, 6) is 0.0982. The molecule has 2 aromatic carbocycles. The van der Waals surface area contributed by atoms with Crippen molar-refractivity contribution in [3.05, 3.63) is 42.5 Å². The average Bonchev–Trinajstić information content (AvgIpc) is 2.65. The molecule has 0 bridgehead atoms. The highest BCUT2D eigenvalue weighted by Crippen LogP contribution is 2.29. The monoisotopic (exact) mass is 385 g/mol. The Morgan fingerprint density at radius 2 is 1.71 bits per heavy atom. The van der Waals surface area contributed by atoms with Crippen LogP contribution in [0.15, 0.2) is 42.5 Å². The van der Waals surface area contributed by atoms with Crippen molar-refractivity contribution in [1.29, 1.82) is 0 Å². The van der Waals surface area contributed by atoms with Crippen molar-refractivity contribution in [3.8, 4) is 11.5 Å². The van der Waals surface area contributed by atoms with Gasteiger partial charge in [-0.05, 0) is 30.3 Å². The quantitative estimate of drug-likeness (QED) is 0.764. The normalized spacial score (nSPS) is 10.0. The van der Waals surface area contributed by atoms with E-state index in [9.17, 15) is 14.4 Å². The fourth-order valence-corrected chi connectivity index (χ4v) is 2.57. The fraction of sp³-hybridized carbons (Fsp3) is 0.250. The molecular formula is C20H23N3O5. The second-order valence-electron chi connectivity index (χ2n) is 5.95. The first-order valence-electron chi connectivity index (χ1n) is 8.51. The number of carbonyl (C=O) groups excluding carboxylic acids is 3. The summed E-state index contributed by atoms with van der Waals surface area (Å²) in [6.45, 7) is 2.56. The number of amides is 3. The molecule has 0 aliphatic carbocycles. The maximum absolute atomic E-state index is 12.5. The van der Waals surface area contributed by atoms with E-state index in [2.05, 4.69) is 10.6 Å². The SMILES string of the molecule is COc1ccc(NC(=O)CN(C(C)=O)c2cccc(NC(C)=O)c2)c(OC)c1. The summed E-state index contributed by atoms with van der Waals surface area (Å²) in [6.07, 6.45) is 0. The van der Waals surface area contributed by atoms with Gasteiger partial charge in [0.15, 0.2) is 0 Å². The van der Waals surface area contributed by atoms with Crippen LogP contribution in [0.4, 0.5) is 17.1 Å². The maximum atomic E-state index is 12.5. The van der Waals surface area contributed by atoms with E-state index in [1.54, 1.807) is 42.5 Å². The van der Waals surface area contributed by atoms with E-state index >= 15 is 0 Å². The lowest BCUT2D eigenvalue weighted by atomic mass is 10.2. The van der Waals surface area contributed by atoms with Crippen molar-refractivity contribution < 1.29 is 23.9 Å². The lowest BCUT2D eigenvalue weighted by Gasteiger charge is -2.22. The molecule has 0 heterocycles. The molecule has 148 valence electrons. The van der Waals surface area contributed by atoms with Crippen LogP contribution in [0.25, 0.3) is 0 Å². The first-order chi connectivity index (χ1) is 13.3. The Hall–Kier alpha value is -3.55. The number of nitrogens with one attached hydrogen (secondary N) is 2. The Balaban J connectivity index is 2.18. The van der Waals surface area contributed by atoms with Crippen LogP contribution in [0.2, 0.25) is 0 Å². The van der Waals surface area contributed by atoms with Gasteiger partial charge < -0.3 is 25.0 Å². The molecule has 2 rings (SSSR count). The van der Waals surface area contributed by atoms with Crippen LogP contribution in [0.3, 0.4) is 0 Å². The smallest absolute Gasteiger partial charge is 0.244 e. The lowest BCUT2D eigenvalue weighted by Crippen LogP contribution is -2.36. The number of hydrogen-bond acceptors (Lipinski definition) is 5. The van der Waals surface area contributed by atoms with Crippen LogP contribution < -0.4 is 25.0 Å². The molecule has 0 unspecified atom stereocenters. The van der Waals surface area contributed by atoms with Gasteiger partial charge in [-0.15, -0.1) is 0 Å². The van der Waals surface area contributed by atoms with Crippen molar-refractivity contribution in [2.24, 2.45) is 0 Å². The number of anilines is 3. The molecule has 0 aliphatic heterocycles. The molecule has 0 radical (unpaired) electrons. The third kappa shape index (κ3) is 5.47. The van der Waals surface area contributed by atoms with Crippen molar-refractivity contribution in [1.82, 2.24) is 0 Å². The van der Waals surface area contributed by atoms with Gasteiger partial charge in [-0.25, -0.2) is 0 Å². The zero-order chi connectivity index (χ0) is 20.7. The van der Waals surface area contributed by atoms with Gasteiger partial charge in [0.05, 0.1) is 19.9 Å². The Labute approximate surface area is 163 Å². The number of ether oxygens (including phenoxy) is 2. The van der Waals surface area contributed by atoms with Crippen LogP contribution in [-0.4, -0.2) is 38.5 Å². The van der Waals surface area contributed by atoms with Crippen LogP contribution in [0, 0.1) is 0 Å². The minimum absolute atomic E-state index is 0.200. The standard InChI is InChI=1S/C20H23N3O5/c1-13(24)21-15-6-5-7-16(10-15)23(14(2)25)12-20(26)22-18-9-8-17(27-3)11-19(18)28-4/h5-11H,12H2,1-4H3,(H,21,24)(H,22,26). The van der Waals surface area contributed by atoms with Gasteiger partial charge in [0.1, 0.15) is 18.0 Å². The Morgan fingerprint density at radius 3 is 2.32 bits per heavy atom. The minimum atomic E-state index is -0.399. The molecule has 2 aromatic rings. The minimum Gasteiger partial charge on any atom is -0.497 e. The second-order valence-corrected chi connectivity index (χ2v) is 5.95. The van der Waals surface area contributed by atoms with Gasteiger partial charge in [-0.1, -0.05) is 6.07 Å². The van der Waals surface area contributed by atoms with Gasteiger partial charge in [0, 0.05) is 31.3 Å². The van der Waals surface area contributed by atoms with E-state index < -0.39 is 5.91 Å². The highest BCUT2D eigenvalue weighted by molar-refractivity contribution is 6.02. The average molecular weight is 385 g/mol. The highest BCUT2D eigenvalue weighted by Gasteiger charge is 2.18. The van der Waals surface area contributed by atoms with E-state index in [-0.39, 0.29) is 18.4 Å². The van der Waals surface area contributed by atoms with Gasteiger partial charge in [0.2, 0.25) is 17.7 Å². The van der Waals surface area contributed by atoms with E-state index in [1.165, 1.54) is 33.0 Å². The predicted octanol–water partition coefficient (Wildman–Crippen LogP) is 2.65. The van der Waals surface area contributed by atoms with E-state index in [0.29, 0.717) is 28.6 Å². The number of rotatable bonds is 7. The van der Waals surface area contributed by atoms with Gasteiger partial charge in [0.25, 0.3) is 0 Å². The number of benzene rings is 2. The number of methoxy groups -OCH3 is 2. The van der Waals surface area contributed by atoms with E-state index in [0.717, 1.165) is 0 Å². The molecule has 8 heteroatoms. The molecule has 0 aliphatic rings. The Morgan fingerprint density at radius 1 is 0.964 bits per heavy atom. The van der Waals surface area contributed by atoms with Gasteiger partial charge in [-0.2, -0.15) is 0 Å². The zero-order valence-corrected chi connectivity index (χ0v) is 16.2. The summed E-state index contributed by atoms with van der Waals surface area (Å²) in [5, 5.41) is 5.38. The molecule has 8 nitrogen and oxygen atoms in total. The van der Waals surface area contributed by atoms with Crippen molar-refractivity contribution in [2.45, 2.75) is 13.8 Å². The van der Waals surface area contributed by atoms with Crippen LogP contribution in [0.5, 0.6) is 11.5 Å². The molecule has 0 spiro atoms. The largest absolute Gasteiger partial charge is 0.497 e.